The van der Waals surface area contributed by atoms with Crippen LogP contribution in [0.25, 0.3) is 0 Å². The molecule has 2 aliphatic rings. The van der Waals surface area contributed by atoms with Crippen LogP contribution in [-0.2, 0) is 10.0 Å². The SMILES string of the molecule is COc1ccc(S(=O)(=O)N2CCC(N3CCNCC3)C2)cn1.Cl. The van der Waals surface area contributed by atoms with Gasteiger partial charge in [-0.1, -0.05) is 0 Å². The molecule has 1 N–H and O–H groups in total. The summed E-state index contributed by atoms with van der Waals surface area (Å²) >= 11 is 0. The van der Waals surface area contributed by atoms with Crippen LogP contribution in [0.15, 0.2) is 23.2 Å². The van der Waals surface area contributed by atoms with Crippen molar-refractivity contribution in [2.24, 2.45) is 0 Å². The van der Waals surface area contributed by atoms with Gasteiger partial charge in [0, 0.05) is 51.4 Å². The van der Waals surface area contributed by atoms with Crippen molar-refractivity contribution in [3.8, 4) is 5.88 Å². The van der Waals surface area contributed by atoms with Crippen LogP contribution in [0.2, 0.25) is 0 Å². The van der Waals surface area contributed by atoms with Crippen LogP contribution in [0, 0.1) is 0 Å². The highest BCUT2D eigenvalue weighted by Gasteiger charge is 2.35. The van der Waals surface area contributed by atoms with Crippen molar-refractivity contribution in [3.63, 3.8) is 0 Å². The Bertz CT molecular complexity index is 605. The number of hydrogen-bond acceptors (Lipinski definition) is 6. The maximum absolute atomic E-state index is 12.7. The molecule has 9 heteroatoms. The van der Waals surface area contributed by atoms with E-state index in [9.17, 15) is 8.42 Å². The molecule has 0 saturated carbocycles. The lowest BCUT2D eigenvalue weighted by atomic mass is 10.2. The molecule has 0 aromatic carbocycles. The molecule has 1 aromatic rings. The number of nitrogens with zero attached hydrogens (tertiary/aromatic N) is 3. The Balaban J connectivity index is 0.00000192. The van der Waals surface area contributed by atoms with Gasteiger partial charge in [-0.05, 0) is 12.5 Å². The van der Waals surface area contributed by atoms with Gasteiger partial charge in [0.2, 0.25) is 15.9 Å². The smallest absolute Gasteiger partial charge is 0.244 e. The van der Waals surface area contributed by atoms with Crippen molar-refractivity contribution in [3.05, 3.63) is 18.3 Å². The summed E-state index contributed by atoms with van der Waals surface area (Å²) < 4.78 is 31.9. The van der Waals surface area contributed by atoms with E-state index in [1.807, 2.05) is 0 Å². The van der Waals surface area contributed by atoms with Crippen molar-refractivity contribution < 1.29 is 13.2 Å². The number of halogens is 1. The van der Waals surface area contributed by atoms with Crippen molar-refractivity contribution in [1.29, 1.82) is 0 Å². The summed E-state index contributed by atoms with van der Waals surface area (Å²) in [5.74, 6) is 0.416. The van der Waals surface area contributed by atoms with Crippen LogP contribution >= 0.6 is 12.4 Å². The molecule has 0 spiro atoms. The number of pyridine rings is 1. The zero-order chi connectivity index (χ0) is 15.6. The Labute approximate surface area is 143 Å². The van der Waals surface area contributed by atoms with E-state index in [-0.39, 0.29) is 17.3 Å². The predicted octanol–water partition coefficient (Wildman–Crippen LogP) is 0.180. The van der Waals surface area contributed by atoms with Gasteiger partial charge in [0.25, 0.3) is 0 Å². The normalized spacial score (nSPS) is 23.4. The second-order valence-electron chi connectivity index (χ2n) is 5.63. The van der Waals surface area contributed by atoms with Crippen LogP contribution in [0.1, 0.15) is 6.42 Å². The molecule has 2 saturated heterocycles. The second-order valence-corrected chi connectivity index (χ2v) is 7.57. The minimum atomic E-state index is -3.46. The average molecular weight is 363 g/mol. The Morgan fingerprint density at radius 3 is 2.61 bits per heavy atom. The highest BCUT2D eigenvalue weighted by Crippen LogP contribution is 2.24. The molecule has 7 nitrogen and oxygen atoms in total. The van der Waals surface area contributed by atoms with Crippen molar-refractivity contribution >= 4 is 22.4 Å². The predicted molar refractivity (Wildman–Crippen MR) is 89.6 cm³/mol. The van der Waals surface area contributed by atoms with E-state index in [2.05, 4.69) is 15.2 Å². The molecule has 1 unspecified atom stereocenters. The Morgan fingerprint density at radius 1 is 1.26 bits per heavy atom. The highest BCUT2D eigenvalue weighted by molar-refractivity contribution is 7.89. The molecule has 2 fully saturated rings. The number of ether oxygens (including phenoxy) is 1. The van der Waals surface area contributed by atoms with E-state index in [1.54, 1.807) is 16.4 Å². The van der Waals surface area contributed by atoms with Gasteiger partial charge in [0.1, 0.15) is 4.90 Å². The number of hydrogen-bond donors (Lipinski definition) is 1. The van der Waals surface area contributed by atoms with E-state index in [0.29, 0.717) is 25.0 Å². The number of sulfonamides is 1. The maximum atomic E-state index is 12.7. The van der Waals surface area contributed by atoms with E-state index < -0.39 is 10.0 Å². The van der Waals surface area contributed by atoms with Crippen LogP contribution in [0.4, 0.5) is 0 Å². The lowest BCUT2D eigenvalue weighted by Crippen LogP contribution is -2.49. The van der Waals surface area contributed by atoms with Crippen molar-refractivity contribution in [2.75, 3.05) is 46.4 Å². The molecule has 0 amide bonds. The Kier molecular flexibility index (Phi) is 6.21. The molecule has 0 aliphatic carbocycles. The lowest BCUT2D eigenvalue weighted by molar-refractivity contribution is 0.179. The standard InChI is InChI=1S/C14H22N4O3S.ClH/c1-21-14-3-2-13(10-16-14)22(19,20)18-7-4-12(11-18)17-8-5-15-6-9-17;/h2-3,10,12,15H,4-9,11H2,1H3;1H. The van der Waals surface area contributed by atoms with Gasteiger partial charge in [-0.3, -0.25) is 4.90 Å². The first-order chi connectivity index (χ1) is 10.6. The van der Waals surface area contributed by atoms with Crippen LogP contribution in [0.3, 0.4) is 0 Å². The van der Waals surface area contributed by atoms with Crippen LogP contribution in [-0.4, -0.2) is 75.0 Å². The first-order valence-corrected chi connectivity index (χ1v) is 9.00. The summed E-state index contributed by atoms with van der Waals surface area (Å²) in [6, 6.07) is 3.46. The summed E-state index contributed by atoms with van der Waals surface area (Å²) in [4.78, 5) is 6.61. The van der Waals surface area contributed by atoms with E-state index in [1.165, 1.54) is 13.3 Å². The molecule has 3 rings (SSSR count). The fourth-order valence-electron chi connectivity index (χ4n) is 3.06. The van der Waals surface area contributed by atoms with Gasteiger partial charge < -0.3 is 10.1 Å². The highest BCUT2D eigenvalue weighted by atomic mass is 35.5. The fourth-order valence-corrected chi connectivity index (χ4v) is 4.50. The largest absolute Gasteiger partial charge is 0.481 e. The molecule has 1 atom stereocenters. The third kappa shape index (κ3) is 3.95. The lowest BCUT2D eigenvalue weighted by Gasteiger charge is -2.32. The van der Waals surface area contributed by atoms with E-state index in [4.69, 9.17) is 4.74 Å². The summed E-state index contributed by atoms with van der Waals surface area (Å²) in [5.41, 5.74) is 0. The van der Waals surface area contributed by atoms with Crippen LogP contribution in [0.5, 0.6) is 5.88 Å². The van der Waals surface area contributed by atoms with Gasteiger partial charge in [0.15, 0.2) is 0 Å². The quantitative estimate of drug-likeness (QED) is 0.823. The van der Waals surface area contributed by atoms with Crippen molar-refractivity contribution in [1.82, 2.24) is 19.5 Å². The Hall–Kier alpha value is -0.930. The van der Waals surface area contributed by atoms with Crippen LogP contribution < -0.4 is 10.1 Å². The average Bonchev–Trinajstić information content (AvgIpc) is 3.06. The molecular weight excluding hydrogens is 340 g/mol. The second kappa shape index (κ2) is 7.76. The van der Waals surface area contributed by atoms with Crippen molar-refractivity contribution in [2.45, 2.75) is 17.4 Å². The number of methoxy groups -OCH3 is 1. The molecule has 23 heavy (non-hydrogen) atoms. The fraction of sp³-hybridized carbons (Fsp3) is 0.643. The van der Waals surface area contributed by atoms with Gasteiger partial charge in [-0.25, -0.2) is 13.4 Å². The molecule has 2 aliphatic heterocycles. The number of nitrogens with one attached hydrogen (secondary N) is 1. The summed E-state index contributed by atoms with van der Waals surface area (Å²) in [5, 5.41) is 3.32. The summed E-state index contributed by atoms with van der Waals surface area (Å²) in [7, 11) is -1.95. The monoisotopic (exact) mass is 362 g/mol. The Morgan fingerprint density at radius 2 is 2.00 bits per heavy atom. The molecule has 130 valence electrons. The first kappa shape index (κ1) is 18.4. The van der Waals surface area contributed by atoms with E-state index in [0.717, 1.165) is 32.6 Å². The number of rotatable bonds is 4. The van der Waals surface area contributed by atoms with E-state index >= 15 is 0 Å². The zero-order valence-corrected chi connectivity index (χ0v) is 14.8. The summed E-state index contributed by atoms with van der Waals surface area (Å²) in [6.07, 6.45) is 2.26. The molecule has 1 aromatic heterocycles. The van der Waals surface area contributed by atoms with Gasteiger partial charge in [0.05, 0.1) is 13.3 Å². The number of aromatic nitrogens is 1. The minimum absolute atomic E-state index is 0. The third-order valence-corrected chi connectivity index (χ3v) is 6.20. The summed E-state index contributed by atoms with van der Waals surface area (Å²) in [6.45, 7) is 5.07. The molecule has 3 heterocycles. The molecular formula is C14H23ClN4O3S. The molecule has 0 bridgehead atoms. The number of piperazine rings is 1. The first-order valence-electron chi connectivity index (χ1n) is 7.56. The zero-order valence-electron chi connectivity index (χ0n) is 13.1. The molecule has 0 radical (unpaired) electrons. The van der Waals surface area contributed by atoms with Gasteiger partial charge in [-0.15, -0.1) is 12.4 Å². The van der Waals surface area contributed by atoms with Gasteiger partial charge >= 0.3 is 0 Å². The minimum Gasteiger partial charge on any atom is -0.481 e. The topological polar surface area (TPSA) is 74.8 Å². The van der Waals surface area contributed by atoms with Gasteiger partial charge in [-0.2, -0.15) is 4.31 Å². The third-order valence-electron chi connectivity index (χ3n) is 4.35. The maximum Gasteiger partial charge on any atom is 0.244 e.